The first-order valence-electron chi connectivity index (χ1n) is 13.6. The van der Waals surface area contributed by atoms with Crippen LogP contribution in [0.1, 0.15) is 12.5 Å². The summed E-state index contributed by atoms with van der Waals surface area (Å²) in [6.45, 7) is 0.597. The lowest BCUT2D eigenvalue weighted by atomic mass is 10.2. The molecule has 0 saturated heterocycles. The molecular weight excluding hydrogens is 598 g/mol. The third-order valence-corrected chi connectivity index (χ3v) is 7.91. The summed E-state index contributed by atoms with van der Waals surface area (Å²) >= 11 is 0. The van der Waals surface area contributed by atoms with Crippen LogP contribution in [0.2, 0.25) is 0 Å². The fourth-order valence-electron chi connectivity index (χ4n) is 3.97. The van der Waals surface area contributed by atoms with E-state index in [-0.39, 0.29) is 29.0 Å². The van der Waals surface area contributed by atoms with Crippen molar-refractivity contribution in [2.75, 3.05) is 35.2 Å². The number of para-hydroxylation sites is 1. The van der Waals surface area contributed by atoms with Crippen molar-refractivity contribution in [3.63, 3.8) is 0 Å². The fourth-order valence-corrected chi connectivity index (χ4v) is 5.39. The maximum absolute atomic E-state index is 13.6. The molecule has 0 aromatic heterocycles. The average Bonchev–Trinajstić information content (AvgIpc) is 3.04. The number of hydrogen-bond donors (Lipinski definition) is 3. The Labute approximate surface area is 260 Å². The zero-order chi connectivity index (χ0) is 32.2. The molecule has 0 radical (unpaired) electrons. The Hall–Kier alpha value is -5.69. The number of ether oxygens (including phenoxy) is 2. The van der Waals surface area contributed by atoms with Crippen LogP contribution in [0.3, 0.4) is 0 Å². The molecule has 0 aliphatic heterocycles. The zero-order valence-corrected chi connectivity index (χ0v) is 25.3. The molecule has 0 fully saturated rings. The molecule has 12 nitrogen and oxygen atoms in total. The molecule has 3 N–H and O–H groups in total. The van der Waals surface area contributed by atoms with Crippen LogP contribution in [0.5, 0.6) is 11.5 Å². The maximum atomic E-state index is 13.6. The van der Waals surface area contributed by atoms with Gasteiger partial charge in [0.1, 0.15) is 18.0 Å². The number of methoxy groups -OCH3 is 1. The Morgan fingerprint density at radius 3 is 2.02 bits per heavy atom. The number of amides is 3. The van der Waals surface area contributed by atoms with Crippen LogP contribution in [0.25, 0.3) is 0 Å². The molecular formula is C32H31N5O7S. The fraction of sp³-hybridized carbons (Fsp3) is 0.125. The Bertz CT molecular complexity index is 1740. The van der Waals surface area contributed by atoms with E-state index in [1.807, 2.05) is 18.2 Å². The molecule has 0 heterocycles. The van der Waals surface area contributed by atoms with E-state index in [0.29, 0.717) is 28.4 Å². The second-order valence-electron chi connectivity index (χ2n) is 9.48. The second kappa shape index (κ2) is 15.2. The summed E-state index contributed by atoms with van der Waals surface area (Å²) in [4.78, 5) is 36.2. The van der Waals surface area contributed by atoms with E-state index in [2.05, 4.69) is 21.2 Å². The van der Waals surface area contributed by atoms with E-state index in [0.717, 1.165) is 4.31 Å². The highest BCUT2D eigenvalue weighted by Gasteiger charge is 2.27. The van der Waals surface area contributed by atoms with Crippen molar-refractivity contribution in [1.29, 1.82) is 0 Å². The minimum atomic E-state index is -4.20. The van der Waals surface area contributed by atoms with Crippen LogP contribution in [0.4, 0.5) is 17.1 Å². The minimum absolute atomic E-state index is 0.0800. The molecule has 0 spiro atoms. The molecule has 232 valence electrons. The highest BCUT2D eigenvalue weighted by Crippen LogP contribution is 2.26. The van der Waals surface area contributed by atoms with Crippen molar-refractivity contribution in [2.45, 2.75) is 11.8 Å². The van der Waals surface area contributed by atoms with E-state index in [1.54, 1.807) is 48.5 Å². The van der Waals surface area contributed by atoms with Gasteiger partial charge in [-0.3, -0.25) is 18.7 Å². The number of sulfonamides is 1. The quantitative estimate of drug-likeness (QED) is 0.149. The summed E-state index contributed by atoms with van der Waals surface area (Å²) in [5.41, 5.74) is 4.30. The Morgan fingerprint density at radius 1 is 0.778 bits per heavy atom. The summed E-state index contributed by atoms with van der Waals surface area (Å²) in [5, 5.41) is 9.26. The first kappa shape index (κ1) is 32.2. The Morgan fingerprint density at radius 2 is 1.40 bits per heavy atom. The van der Waals surface area contributed by atoms with Crippen molar-refractivity contribution < 1.29 is 32.3 Å². The summed E-state index contributed by atoms with van der Waals surface area (Å²) < 4.78 is 38.9. The number of nitrogens with zero attached hydrogens (tertiary/aromatic N) is 2. The Balaban J connectivity index is 1.38. The standard InChI is InChI=1S/C32H31N5O7S/c1-23(38)34-26-10-18-30(19-11-26)45(41,42)37(27-12-16-28(43-2)17-13-27)21-31(39)36-33-20-24-8-14-29(15-9-24)44-22-32(40)35-25-6-4-3-5-7-25/h3-20H,21-22H2,1-2H3,(H,34,38)(H,35,40)(H,36,39)/b33-20-. The molecule has 13 heteroatoms. The van der Waals surface area contributed by atoms with Gasteiger partial charge in [0.2, 0.25) is 5.91 Å². The average molecular weight is 630 g/mol. The summed E-state index contributed by atoms with van der Waals surface area (Å²) in [6.07, 6.45) is 1.39. The van der Waals surface area contributed by atoms with Crippen molar-refractivity contribution in [3.8, 4) is 11.5 Å². The van der Waals surface area contributed by atoms with Crippen molar-refractivity contribution in [3.05, 3.63) is 109 Å². The van der Waals surface area contributed by atoms with E-state index in [1.165, 1.54) is 56.6 Å². The maximum Gasteiger partial charge on any atom is 0.264 e. The number of benzene rings is 4. The SMILES string of the molecule is COc1ccc(N(CC(=O)N/N=C\c2ccc(OCC(=O)Nc3ccccc3)cc2)S(=O)(=O)c2ccc(NC(C)=O)cc2)cc1. The van der Waals surface area contributed by atoms with E-state index < -0.39 is 22.5 Å². The number of rotatable bonds is 13. The molecule has 4 aromatic rings. The number of anilines is 3. The number of carbonyl (C=O) groups is 3. The lowest BCUT2D eigenvalue weighted by Gasteiger charge is -2.24. The van der Waals surface area contributed by atoms with Gasteiger partial charge in [-0.1, -0.05) is 18.2 Å². The molecule has 0 atom stereocenters. The normalized spacial score (nSPS) is 11.0. The van der Waals surface area contributed by atoms with E-state index in [9.17, 15) is 22.8 Å². The Kier molecular flexibility index (Phi) is 10.9. The van der Waals surface area contributed by atoms with Crippen molar-refractivity contribution in [1.82, 2.24) is 5.43 Å². The topological polar surface area (TPSA) is 155 Å². The smallest absolute Gasteiger partial charge is 0.264 e. The summed E-state index contributed by atoms with van der Waals surface area (Å²) in [5.74, 6) is -0.316. The molecule has 4 aromatic carbocycles. The third-order valence-electron chi connectivity index (χ3n) is 6.12. The van der Waals surface area contributed by atoms with Crippen LogP contribution in [0.15, 0.2) is 113 Å². The first-order chi connectivity index (χ1) is 21.6. The van der Waals surface area contributed by atoms with Gasteiger partial charge in [0.25, 0.3) is 21.8 Å². The van der Waals surface area contributed by atoms with Gasteiger partial charge in [0, 0.05) is 18.3 Å². The highest BCUT2D eigenvalue weighted by atomic mass is 32.2. The molecule has 45 heavy (non-hydrogen) atoms. The van der Waals surface area contributed by atoms with E-state index >= 15 is 0 Å². The van der Waals surface area contributed by atoms with Gasteiger partial charge in [0.05, 0.1) is 23.9 Å². The largest absolute Gasteiger partial charge is 0.497 e. The lowest BCUT2D eigenvalue weighted by molar-refractivity contribution is -0.119. The van der Waals surface area contributed by atoms with Crippen molar-refractivity contribution >= 4 is 51.0 Å². The molecule has 0 unspecified atom stereocenters. The number of hydrazone groups is 1. The van der Waals surface area contributed by atoms with Crippen molar-refractivity contribution in [2.24, 2.45) is 5.10 Å². The highest BCUT2D eigenvalue weighted by molar-refractivity contribution is 7.92. The lowest BCUT2D eigenvalue weighted by Crippen LogP contribution is -2.39. The van der Waals surface area contributed by atoms with Gasteiger partial charge < -0.3 is 20.1 Å². The molecule has 0 aliphatic carbocycles. The molecule has 0 saturated carbocycles. The van der Waals surface area contributed by atoms with Crippen LogP contribution in [0, 0.1) is 0 Å². The van der Waals surface area contributed by atoms with Gasteiger partial charge in [-0.05, 0) is 90.5 Å². The predicted molar refractivity (Wildman–Crippen MR) is 171 cm³/mol. The molecule has 0 aliphatic rings. The van der Waals surface area contributed by atoms with E-state index in [4.69, 9.17) is 9.47 Å². The second-order valence-corrected chi connectivity index (χ2v) is 11.3. The van der Waals surface area contributed by atoms with Gasteiger partial charge in [-0.2, -0.15) is 5.10 Å². The predicted octanol–water partition coefficient (Wildman–Crippen LogP) is 4.02. The summed E-state index contributed by atoms with van der Waals surface area (Å²) in [7, 11) is -2.72. The third kappa shape index (κ3) is 9.40. The van der Waals surface area contributed by atoms with Crippen LogP contribution in [-0.2, 0) is 24.4 Å². The van der Waals surface area contributed by atoms with Gasteiger partial charge in [0.15, 0.2) is 6.61 Å². The number of nitrogens with one attached hydrogen (secondary N) is 3. The summed E-state index contributed by atoms with van der Waals surface area (Å²) in [6, 6.07) is 27.5. The molecule has 3 amide bonds. The zero-order valence-electron chi connectivity index (χ0n) is 24.5. The van der Waals surface area contributed by atoms with Crippen LogP contribution >= 0.6 is 0 Å². The molecule has 0 bridgehead atoms. The van der Waals surface area contributed by atoms with Gasteiger partial charge in [-0.15, -0.1) is 0 Å². The van der Waals surface area contributed by atoms with Gasteiger partial charge in [-0.25, -0.2) is 13.8 Å². The van der Waals surface area contributed by atoms with Crippen LogP contribution < -0.4 is 29.8 Å². The monoisotopic (exact) mass is 629 g/mol. The molecule has 4 rings (SSSR count). The minimum Gasteiger partial charge on any atom is -0.497 e. The first-order valence-corrected chi connectivity index (χ1v) is 15.0. The van der Waals surface area contributed by atoms with Crippen LogP contribution in [-0.4, -0.2) is 52.6 Å². The number of carbonyl (C=O) groups excluding carboxylic acids is 3. The van der Waals surface area contributed by atoms with Gasteiger partial charge >= 0.3 is 0 Å². The number of hydrogen-bond acceptors (Lipinski definition) is 8.